The van der Waals surface area contributed by atoms with E-state index < -0.39 is 0 Å². The summed E-state index contributed by atoms with van der Waals surface area (Å²) in [6, 6.07) is 17.8. The maximum absolute atomic E-state index is 13.2. The van der Waals surface area contributed by atoms with E-state index >= 15 is 0 Å². The summed E-state index contributed by atoms with van der Waals surface area (Å²) in [6.45, 7) is 6.44. The molecule has 3 heterocycles. The number of hydrogen-bond donors (Lipinski definition) is 0. The number of thiazole rings is 1. The summed E-state index contributed by atoms with van der Waals surface area (Å²) < 4.78 is 2.02. The average Bonchev–Trinajstić information content (AvgIpc) is 3.39. The van der Waals surface area contributed by atoms with Crippen LogP contribution in [-0.4, -0.2) is 52.2 Å². The number of Topliss-reactive ketones (excluding diaryl/α,β-unsaturated/α-hetero) is 1. The molecule has 1 saturated heterocycles. The second kappa shape index (κ2) is 8.24. The number of piperazine rings is 1. The van der Waals surface area contributed by atoms with Crippen molar-refractivity contribution in [1.29, 1.82) is 0 Å². The van der Waals surface area contributed by atoms with Gasteiger partial charge in [-0.2, -0.15) is 0 Å². The third-order valence-electron chi connectivity index (χ3n) is 6.03. The first-order valence-electron chi connectivity index (χ1n) is 10.7. The highest BCUT2D eigenvalue weighted by Crippen LogP contribution is 2.28. The standard InChI is InChI=1S/C25H24N4O2S/c1-17-23(32-25-26-22(16-29(17)25)20-6-4-3-5-7-20)24(31)28-14-12-27(13-15-28)21-10-8-19(9-11-21)18(2)30/h3-11,16H,12-15H2,1-2H3. The van der Waals surface area contributed by atoms with E-state index in [2.05, 4.69) is 4.90 Å². The van der Waals surface area contributed by atoms with Crippen molar-refractivity contribution in [2.24, 2.45) is 0 Å². The average molecular weight is 445 g/mol. The predicted molar refractivity (Wildman–Crippen MR) is 128 cm³/mol. The van der Waals surface area contributed by atoms with Gasteiger partial charge in [0.15, 0.2) is 10.7 Å². The smallest absolute Gasteiger partial charge is 0.265 e. The van der Waals surface area contributed by atoms with Crippen LogP contribution in [0.2, 0.25) is 0 Å². The highest BCUT2D eigenvalue weighted by molar-refractivity contribution is 7.19. The largest absolute Gasteiger partial charge is 0.368 e. The number of rotatable bonds is 4. The lowest BCUT2D eigenvalue weighted by Crippen LogP contribution is -2.48. The molecule has 4 aromatic rings. The quantitative estimate of drug-likeness (QED) is 0.434. The molecule has 2 aromatic carbocycles. The third-order valence-corrected chi connectivity index (χ3v) is 7.17. The second-order valence-corrected chi connectivity index (χ2v) is 9.02. The van der Waals surface area contributed by atoms with Gasteiger partial charge in [0.1, 0.15) is 4.88 Å². The number of fused-ring (bicyclic) bond motifs is 1. The van der Waals surface area contributed by atoms with E-state index in [9.17, 15) is 9.59 Å². The van der Waals surface area contributed by atoms with E-state index in [1.54, 1.807) is 6.92 Å². The molecule has 1 aliphatic rings. The van der Waals surface area contributed by atoms with Crippen LogP contribution in [0.15, 0.2) is 60.8 Å². The summed E-state index contributed by atoms with van der Waals surface area (Å²) >= 11 is 1.46. The van der Waals surface area contributed by atoms with Gasteiger partial charge in [-0.15, -0.1) is 0 Å². The normalized spacial score (nSPS) is 14.2. The number of imidazole rings is 1. The van der Waals surface area contributed by atoms with Gasteiger partial charge in [-0.1, -0.05) is 41.7 Å². The fourth-order valence-electron chi connectivity index (χ4n) is 4.11. The van der Waals surface area contributed by atoms with Gasteiger partial charge < -0.3 is 9.80 Å². The van der Waals surface area contributed by atoms with E-state index in [1.165, 1.54) is 11.3 Å². The molecule has 0 radical (unpaired) electrons. The number of aryl methyl sites for hydroxylation is 1. The number of carbonyl (C=O) groups excluding carboxylic acids is 2. The molecule has 0 aliphatic carbocycles. The van der Waals surface area contributed by atoms with Crippen LogP contribution in [0, 0.1) is 6.92 Å². The molecule has 2 aromatic heterocycles. The van der Waals surface area contributed by atoms with Gasteiger partial charge in [-0.05, 0) is 38.1 Å². The van der Waals surface area contributed by atoms with Crippen molar-refractivity contribution in [1.82, 2.24) is 14.3 Å². The molecule has 6 nitrogen and oxygen atoms in total. The molecular formula is C25H24N4O2S. The second-order valence-electron chi connectivity index (χ2n) is 8.04. The molecule has 1 fully saturated rings. The summed E-state index contributed by atoms with van der Waals surface area (Å²) in [7, 11) is 0. The summed E-state index contributed by atoms with van der Waals surface area (Å²) in [5, 5.41) is 0. The maximum atomic E-state index is 13.2. The molecule has 0 unspecified atom stereocenters. The minimum atomic E-state index is 0.0699. The van der Waals surface area contributed by atoms with E-state index in [4.69, 9.17) is 4.98 Å². The molecule has 0 bridgehead atoms. The number of hydrogen-bond acceptors (Lipinski definition) is 5. The summed E-state index contributed by atoms with van der Waals surface area (Å²) in [4.78, 5) is 35.3. The molecular weight excluding hydrogens is 420 g/mol. The predicted octanol–water partition coefficient (Wildman–Crippen LogP) is 4.54. The zero-order chi connectivity index (χ0) is 22.2. The van der Waals surface area contributed by atoms with Gasteiger partial charge in [-0.3, -0.25) is 14.0 Å². The number of aromatic nitrogens is 2. The SMILES string of the molecule is CC(=O)c1ccc(N2CCN(C(=O)c3sc4nc(-c5ccccc5)cn4c3C)CC2)cc1. The first-order valence-corrected chi connectivity index (χ1v) is 11.5. The van der Waals surface area contributed by atoms with Crippen LogP contribution < -0.4 is 4.90 Å². The Balaban J connectivity index is 1.29. The molecule has 0 N–H and O–H groups in total. The summed E-state index contributed by atoms with van der Waals surface area (Å²) in [5.74, 6) is 0.145. The van der Waals surface area contributed by atoms with Crippen LogP contribution in [0.1, 0.15) is 32.6 Å². The van der Waals surface area contributed by atoms with Crippen LogP contribution in [-0.2, 0) is 0 Å². The Kier molecular flexibility index (Phi) is 5.27. The molecule has 32 heavy (non-hydrogen) atoms. The van der Waals surface area contributed by atoms with E-state index in [1.807, 2.05) is 77.0 Å². The van der Waals surface area contributed by atoms with Gasteiger partial charge in [-0.25, -0.2) is 4.98 Å². The first kappa shape index (κ1) is 20.5. The lowest BCUT2D eigenvalue weighted by Gasteiger charge is -2.36. The number of nitrogens with zero attached hydrogens (tertiary/aromatic N) is 4. The highest BCUT2D eigenvalue weighted by atomic mass is 32.1. The van der Waals surface area contributed by atoms with Gasteiger partial charge >= 0.3 is 0 Å². The topological polar surface area (TPSA) is 57.9 Å². The number of anilines is 1. The Hall–Kier alpha value is -3.45. The molecule has 0 spiro atoms. The molecule has 1 amide bonds. The van der Waals surface area contributed by atoms with Crippen molar-refractivity contribution in [2.45, 2.75) is 13.8 Å². The fourth-order valence-corrected chi connectivity index (χ4v) is 5.19. The Labute approximate surface area is 190 Å². The Morgan fingerprint density at radius 3 is 2.25 bits per heavy atom. The molecule has 0 atom stereocenters. The van der Waals surface area contributed by atoms with Crippen LogP contribution in [0.3, 0.4) is 0 Å². The van der Waals surface area contributed by atoms with Crippen LogP contribution in [0.4, 0.5) is 5.69 Å². The summed E-state index contributed by atoms with van der Waals surface area (Å²) in [5.41, 5.74) is 4.73. The lowest BCUT2D eigenvalue weighted by molar-refractivity contribution is 0.0750. The van der Waals surface area contributed by atoms with Gasteiger partial charge in [0.2, 0.25) is 0 Å². The van der Waals surface area contributed by atoms with Crippen molar-refractivity contribution in [3.05, 3.63) is 76.9 Å². The Morgan fingerprint density at radius 1 is 0.938 bits per heavy atom. The van der Waals surface area contributed by atoms with Gasteiger partial charge in [0.05, 0.1) is 5.69 Å². The van der Waals surface area contributed by atoms with Crippen molar-refractivity contribution in [3.8, 4) is 11.3 Å². The van der Waals surface area contributed by atoms with E-state index in [-0.39, 0.29) is 11.7 Å². The minimum Gasteiger partial charge on any atom is -0.368 e. The van der Waals surface area contributed by atoms with Crippen molar-refractivity contribution in [3.63, 3.8) is 0 Å². The number of amides is 1. The zero-order valence-corrected chi connectivity index (χ0v) is 18.9. The number of carbonyl (C=O) groups is 2. The van der Waals surface area contributed by atoms with E-state index in [0.717, 1.165) is 51.1 Å². The van der Waals surface area contributed by atoms with Crippen LogP contribution in [0.25, 0.3) is 16.2 Å². The summed E-state index contributed by atoms with van der Waals surface area (Å²) in [6.07, 6.45) is 2.01. The zero-order valence-electron chi connectivity index (χ0n) is 18.1. The van der Waals surface area contributed by atoms with E-state index in [0.29, 0.717) is 13.1 Å². The molecule has 1 aliphatic heterocycles. The number of ketones is 1. The van der Waals surface area contributed by atoms with Crippen LogP contribution in [0.5, 0.6) is 0 Å². The molecule has 5 rings (SSSR count). The van der Waals surface area contributed by atoms with Crippen molar-refractivity contribution >= 4 is 33.7 Å². The molecule has 162 valence electrons. The van der Waals surface area contributed by atoms with Crippen molar-refractivity contribution in [2.75, 3.05) is 31.1 Å². The lowest BCUT2D eigenvalue weighted by atomic mass is 10.1. The molecule has 0 saturated carbocycles. The highest BCUT2D eigenvalue weighted by Gasteiger charge is 2.26. The Bertz CT molecular complexity index is 1280. The minimum absolute atomic E-state index is 0.0699. The third kappa shape index (κ3) is 3.69. The number of benzene rings is 2. The molecule has 7 heteroatoms. The van der Waals surface area contributed by atoms with Crippen molar-refractivity contribution < 1.29 is 9.59 Å². The van der Waals surface area contributed by atoms with Crippen LogP contribution >= 0.6 is 11.3 Å². The fraction of sp³-hybridized carbons (Fsp3) is 0.240. The Morgan fingerprint density at radius 2 is 1.62 bits per heavy atom. The van der Waals surface area contributed by atoms with Gasteiger partial charge in [0, 0.05) is 54.9 Å². The maximum Gasteiger partial charge on any atom is 0.265 e. The van der Waals surface area contributed by atoms with Gasteiger partial charge in [0.25, 0.3) is 5.91 Å². The monoisotopic (exact) mass is 444 g/mol. The first-order chi connectivity index (χ1) is 15.5.